The second-order valence-corrected chi connectivity index (χ2v) is 4.39. The third kappa shape index (κ3) is 2.72. The first-order chi connectivity index (χ1) is 9.02. The van der Waals surface area contributed by atoms with Crippen LogP contribution in [-0.4, -0.2) is 21.3 Å². The number of aromatic nitrogens is 3. The Bertz CT molecular complexity index is 593. The van der Waals surface area contributed by atoms with Crippen molar-refractivity contribution in [2.75, 3.05) is 11.9 Å². The third-order valence-corrected chi connectivity index (χ3v) is 2.66. The van der Waals surface area contributed by atoms with E-state index in [1.807, 2.05) is 13.0 Å². The molecule has 0 bridgehead atoms. The molecule has 0 unspecified atom stereocenters. The number of pyridine rings is 1. The molecule has 2 rings (SSSR count). The summed E-state index contributed by atoms with van der Waals surface area (Å²) < 4.78 is 28.8. The lowest BCUT2D eigenvalue weighted by molar-refractivity contribution is 0.561. The molecule has 0 amide bonds. The lowest BCUT2D eigenvalue weighted by atomic mass is 10.3. The maximum atomic E-state index is 13.8. The molecule has 0 aliphatic heterocycles. The third-order valence-electron chi connectivity index (χ3n) is 2.66. The summed E-state index contributed by atoms with van der Waals surface area (Å²) in [6.07, 6.45) is 0.827. The Balaban J connectivity index is 2.48. The van der Waals surface area contributed by atoms with Crippen LogP contribution >= 0.6 is 0 Å². The Morgan fingerprint density at radius 1 is 1.21 bits per heavy atom. The molecule has 102 valence electrons. The standard InChI is InChI=1S/C13H16F2N4/c1-4-5-16-12-10(14)7-11(15)13(17-12)19-9(3)6-8(2)18-19/h6-7H,4-5H2,1-3H3,(H,16,17). The van der Waals surface area contributed by atoms with Crippen molar-refractivity contribution in [1.29, 1.82) is 0 Å². The topological polar surface area (TPSA) is 42.7 Å². The van der Waals surface area contributed by atoms with Crippen LogP contribution in [0.1, 0.15) is 24.7 Å². The minimum Gasteiger partial charge on any atom is -0.368 e. The van der Waals surface area contributed by atoms with Gasteiger partial charge < -0.3 is 5.32 Å². The van der Waals surface area contributed by atoms with E-state index in [1.54, 1.807) is 13.8 Å². The van der Waals surface area contributed by atoms with E-state index in [1.165, 1.54) is 4.68 Å². The first-order valence-corrected chi connectivity index (χ1v) is 6.16. The van der Waals surface area contributed by atoms with Crippen LogP contribution in [0.5, 0.6) is 0 Å². The second kappa shape index (κ2) is 5.34. The Hall–Kier alpha value is -1.98. The van der Waals surface area contributed by atoms with Gasteiger partial charge in [-0.05, 0) is 26.3 Å². The summed E-state index contributed by atoms with van der Waals surface area (Å²) in [4.78, 5) is 3.99. The van der Waals surface area contributed by atoms with Gasteiger partial charge in [-0.25, -0.2) is 18.4 Å². The molecule has 4 nitrogen and oxygen atoms in total. The van der Waals surface area contributed by atoms with E-state index in [2.05, 4.69) is 15.4 Å². The highest BCUT2D eigenvalue weighted by molar-refractivity contribution is 5.42. The zero-order chi connectivity index (χ0) is 14.0. The van der Waals surface area contributed by atoms with E-state index >= 15 is 0 Å². The molecule has 0 fully saturated rings. The molecular formula is C13H16F2N4. The van der Waals surface area contributed by atoms with Gasteiger partial charge in [0.2, 0.25) is 0 Å². The quantitative estimate of drug-likeness (QED) is 0.925. The van der Waals surface area contributed by atoms with Crippen LogP contribution in [0.2, 0.25) is 0 Å². The van der Waals surface area contributed by atoms with Crippen LogP contribution < -0.4 is 5.32 Å². The molecule has 0 aromatic carbocycles. The van der Waals surface area contributed by atoms with Crippen molar-refractivity contribution in [3.05, 3.63) is 35.2 Å². The number of halogens is 2. The van der Waals surface area contributed by atoms with Gasteiger partial charge in [-0.3, -0.25) is 0 Å². The number of aryl methyl sites for hydroxylation is 2. The van der Waals surface area contributed by atoms with Gasteiger partial charge >= 0.3 is 0 Å². The number of nitrogens with one attached hydrogen (secondary N) is 1. The normalized spacial score (nSPS) is 10.8. The van der Waals surface area contributed by atoms with Crippen molar-refractivity contribution >= 4 is 5.82 Å². The summed E-state index contributed by atoms with van der Waals surface area (Å²) in [5.74, 6) is -1.38. The largest absolute Gasteiger partial charge is 0.368 e. The van der Waals surface area contributed by atoms with Crippen molar-refractivity contribution < 1.29 is 8.78 Å². The highest BCUT2D eigenvalue weighted by Gasteiger charge is 2.15. The fraction of sp³-hybridized carbons (Fsp3) is 0.385. The average Bonchev–Trinajstić information content (AvgIpc) is 2.67. The molecule has 1 N–H and O–H groups in total. The van der Waals surface area contributed by atoms with Gasteiger partial charge in [-0.2, -0.15) is 5.10 Å². The van der Waals surface area contributed by atoms with Crippen molar-refractivity contribution in [3.8, 4) is 5.82 Å². The molecule has 0 spiro atoms. The minimum absolute atomic E-state index is 0.00519. The number of hydrogen-bond donors (Lipinski definition) is 1. The van der Waals surface area contributed by atoms with Gasteiger partial charge in [0.1, 0.15) is 0 Å². The summed E-state index contributed by atoms with van der Waals surface area (Å²) in [5, 5.41) is 6.99. The van der Waals surface area contributed by atoms with Gasteiger partial charge in [0.05, 0.1) is 5.69 Å². The fourth-order valence-corrected chi connectivity index (χ4v) is 1.82. The van der Waals surface area contributed by atoms with Crippen molar-refractivity contribution in [2.24, 2.45) is 0 Å². The van der Waals surface area contributed by atoms with Crippen LogP contribution in [-0.2, 0) is 0 Å². The highest BCUT2D eigenvalue weighted by Crippen LogP contribution is 2.19. The van der Waals surface area contributed by atoms with E-state index in [0.29, 0.717) is 6.54 Å². The van der Waals surface area contributed by atoms with E-state index in [9.17, 15) is 8.78 Å². The first kappa shape index (κ1) is 13.5. The minimum atomic E-state index is -0.731. The maximum Gasteiger partial charge on any atom is 0.192 e. The lowest BCUT2D eigenvalue weighted by Gasteiger charge is -2.10. The second-order valence-electron chi connectivity index (χ2n) is 4.39. The highest BCUT2D eigenvalue weighted by atomic mass is 19.1. The molecule has 2 heterocycles. The number of rotatable bonds is 4. The zero-order valence-electron chi connectivity index (χ0n) is 11.2. The Morgan fingerprint density at radius 3 is 2.53 bits per heavy atom. The Kier molecular flexibility index (Phi) is 3.78. The van der Waals surface area contributed by atoms with Gasteiger partial charge in [0, 0.05) is 18.3 Å². The maximum absolute atomic E-state index is 13.8. The molecule has 0 saturated carbocycles. The fourth-order valence-electron chi connectivity index (χ4n) is 1.82. The summed E-state index contributed by atoms with van der Waals surface area (Å²) in [6.45, 7) is 6.13. The number of hydrogen-bond acceptors (Lipinski definition) is 3. The number of anilines is 1. The first-order valence-electron chi connectivity index (χ1n) is 6.16. The molecule has 0 radical (unpaired) electrons. The number of nitrogens with zero attached hydrogens (tertiary/aromatic N) is 3. The van der Waals surface area contributed by atoms with Gasteiger partial charge in [-0.15, -0.1) is 0 Å². The van der Waals surface area contributed by atoms with Crippen LogP contribution in [0.3, 0.4) is 0 Å². The summed E-state index contributed by atoms with van der Waals surface area (Å²) >= 11 is 0. The molecule has 2 aromatic heterocycles. The SMILES string of the molecule is CCCNc1nc(-n2nc(C)cc2C)c(F)cc1F. The summed E-state index contributed by atoms with van der Waals surface area (Å²) in [6, 6.07) is 2.64. The predicted octanol–water partition coefficient (Wildman–Crippen LogP) is 2.98. The molecule has 19 heavy (non-hydrogen) atoms. The Labute approximate surface area is 110 Å². The van der Waals surface area contributed by atoms with E-state index in [4.69, 9.17) is 0 Å². The lowest BCUT2D eigenvalue weighted by Crippen LogP contribution is -2.11. The van der Waals surface area contributed by atoms with Crippen molar-refractivity contribution in [2.45, 2.75) is 27.2 Å². The smallest absolute Gasteiger partial charge is 0.192 e. The molecule has 0 saturated heterocycles. The zero-order valence-corrected chi connectivity index (χ0v) is 11.2. The molecule has 0 atom stereocenters. The predicted molar refractivity (Wildman–Crippen MR) is 69.5 cm³/mol. The molecule has 0 aliphatic carbocycles. The van der Waals surface area contributed by atoms with Gasteiger partial charge in [0.25, 0.3) is 0 Å². The molecule has 2 aromatic rings. The van der Waals surface area contributed by atoms with E-state index in [-0.39, 0.29) is 11.6 Å². The van der Waals surface area contributed by atoms with Crippen LogP contribution in [0, 0.1) is 25.5 Å². The van der Waals surface area contributed by atoms with Crippen LogP contribution in [0.15, 0.2) is 12.1 Å². The van der Waals surface area contributed by atoms with Crippen molar-refractivity contribution in [1.82, 2.24) is 14.8 Å². The molecular weight excluding hydrogens is 250 g/mol. The van der Waals surface area contributed by atoms with E-state index in [0.717, 1.165) is 23.9 Å². The van der Waals surface area contributed by atoms with Crippen molar-refractivity contribution in [3.63, 3.8) is 0 Å². The van der Waals surface area contributed by atoms with Gasteiger partial charge in [-0.1, -0.05) is 6.92 Å². The summed E-state index contributed by atoms with van der Waals surface area (Å²) in [7, 11) is 0. The monoisotopic (exact) mass is 266 g/mol. The van der Waals surface area contributed by atoms with Gasteiger partial charge in [0.15, 0.2) is 23.3 Å². The average molecular weight is 266 g/mol. The molecule has 6 heteroatoms. The Morgan fingerprint density at radius 2 is 1.95 bits per heavy atom. The van der Waals surface area contributed by atoms with Crippen LogP contribution in [0.25, 0.3) is 5.82 Å². The molecule has 0 aliphatic rings. The van der Waals surface area contributed by atoms with E-state index < -0.39 is 11.6 Å². The summed E-state index contributed by atoms with van der Waals surface area (Å²) in [5.41, 5.74) is 1.50. The van der Waals surface area contributed by atoms with Crippen LogP contribution in [0.4, 0.5) is 14.6 Å².